The number of hydrogen-bond acceptors (Lipinski definition) is 6. The van der Waals surface area contributed by atoms with E-state index in [0.29, 0.717) is 42.3 Å². The Hall–Kier alpha value is -2.63. The van der Waals surface area contributed by atoms with Gasteiger partial charge in [0.1, 0.15) is 5.75 Å². The number of carboxylic acid groups (broad SMARTS) is 1. The monoisotopic (exact) mass is 498 g/mol. The van der Waals surface area contributed by atoms with Crippen molar-refractivity contribution in [1.29, 1.82) is 0 Å². The number of thiophene rings is 1. The number of halogens is 1. The standard InChI is InChI=1S/C26H27ClN2O4S/c1-33-19-5-6-23-20(13-19)25(22(27)14-28-23)24(30)7-4-18-8-11-29(15-21(18)26(31)32)10-2-3-17-9-12-34-16-17/h5-6,9,12-14,16,18,21,24,30H,4,7-8,10-11,15H2,1H3,(H,31,32)/t18-,21+,24-/m0/s1. The fourth-order valence-electron chi connectivity index (χ4n) is 4.58. The van der Waals surface area contributed by atoms with Gasteiger partial charge in [0.15, 0.2) is 0 Å². The largest absolute Gasteiger partial charge is 0.497 e. The van der Waals surface area contributed by atoms with Crippen LogP contribution in [-0.4, -0.2) is 52.8 Å². The van der Waals surface area contributed by atoms with Gasteiger partial charge in [-0.05, 0) is 61.4 Å². The van der Waals surface area contributed by atoms with E-state index in [1.807, 2.05) is 35.0 Å². The van der Waals surface area contributed by atoms with Crippen molar-refractivity contribution in [2.45, 2.75) is 25.4 Å². The molecule has 3 atom stereocenters. The van der Waals surface area contributed by atoms with Crippen molar-refractivity contribution >= 4 is 39.8 Å². The average molecular weight is 499 g/mol. The summed E-state index contributed by atoms with van der Waals surface area (Å²) in [7, 11) is 1.58. The number of likely N-dealkylation sites (tertiary alicyclic amines) is 1. The van der Waals surface area contributed by atoms with E-state index in [-0.39, 0.29) is 5.92 Å². The number of aliphatic hydroxyl groups excluding tert-OH is 1. The Morgan fingerprint density at radius 1 is 1.41 bits per heavy atom. The fraction of sp³-hybridized carbons (Fsp3) is 0.385. The third-order valence-electron chi connectivity index (χ3n) is 6.43. The summed E-state index contributed by atoms with van der Waals surface area (Å²) in [4.78, 5) is 18.5. The van der Waals surface area contributed by atoms with E-state index >= 15 is 0 Å². The van der Waals surface area contributed by atoms with Crippen molar-refractivity contribution in [1.82, 2.24) is 9.88 Å². The number of carboxylic acids is 1. The van der Waals surface area contributed by atoms with Crippen LogP contribution >= 0.6 is 22.9 Å². The number of rotatable bonds is 7. The van der Waals surface area contributed by atoms with Crippen LogP contribution in [0.1, 0.15) is 36.5 Å². The van der Waals surface area contributed by atoms with Crippen LogP contribution in [0.15, 0.2) is 41.2 Å². The number of fused-ring (bicyclic) bond motifs is 1. The molecule has 2 aromatic heterocycles. The number of methoxy groups -OCH3 is 1. The third-order valence-corrected chi connectivity index (χ3v) is 7.41. The highest BCUT2D eigenvalue weighted by molar-refractivity contribution is 7.08. The first-order valence-electron chi connectivity index (χ1n) is 11.2. The van der Waals surface area contributed by atoms with Crippen molar-refractivity contribution in [3.8, 4) is 17.6 Å². The number of benzene rings is 1. The Labute approximate surface area is 208 Å². The minimum atomic E-state index is -0.825. The summed E-state index contributed by atoms with van der Waals surface area (Å²) in [6, 6.07) is 7.44. The first kappa shape index (κ1) is 24.5. The Kier molecular flexibility index (Phi) is 8.07. The summed E-state index contributed by atoms with van der Waals surface area (Å²) < 4.78 is 5.32. The Morgan fingerprint density at radius 2 is 2.26 bits per heavy atom. The zero-order valence-corrected chi connectivity index (χ0v) is 20.5. The lowest BCUT2D eigenvalue weighted by Gasteiger charge is -2.36. The molecule has 0 aliphatic carbocycles. The Bertz CT molecular complexity index is 1200. The number of aliphatic hydroxyl groups is 1. The number of ether oxygens (including phenoxy) is 1. The SMILES string of the molecule is COc1ccc2ncc(Cl)c([C@@H](O)CC[C@H]3CCN(CC#Cc4ccsc4)C[C@H]3C(=O)O)c2c1. The molecule has 1 aliphatic heterocycles. The van der Waals surface area contributed by atoms with Gasteiger partial charge in [0.2, 0.25) is 0 Å². The van der Waals surface area contributed by atoms with Crippen LogP contribution in [0.3, 0.4) is 0 Å². The molecule has 8 heteroatoms. The van der Waals surface area contributed by atoms with Crippen molar-refractivity contribution in [2.75, 3.05) is 26.7 Å². The molecule has 0 bridgehead atoms. The lowest BCUT2D eigenvalue weighted by Crippen LogP contribution is -2.44. The highest BCUT2D eigenvalue weighted by Gasteiger charge is 2.34. The van der Waals surface area contributed by atoms with Crippen LogP contribution in [0.2, 0.25) is 5.02 Å². The summed E-state index contributed by atoms with van der Waals surface area (Å²) in [5, 5.41) is 26.0. The lowest BCUT2D eigenvalue weighted by molar-refractivity contribution is -0.146. The summed E-state index contributed by atoms with van der Waals surface area (Å²) in [5.41, 5.74) is 2.32. The van der Waals surface area contributed by atoms with Crippen molar-refractivity contribution in [3.63, 3.8) is 0 Å². The molecule has 0 radical (unpaired) electrons. The molecule has 0 saturated carbocycles. The van der Waals surface area contributed by atoms with E-state index in [1.165, 1.54) is 0 Å². The summed E-state index contributed by atoms with van der Waals surface area (Å²) in [6.07, 6.45) is 2.49. The molecule has 1 saturated heterocycles. The zero-order chi connectivity index (χ0) is 24.1. The maximum Gasteiger partial charge on any atom is 0.308 e. The van der Waals surface area contributed by atoms with E-state index < -0.39 is 18.0 Å². The number of piperidine rings is 1. The molecule has 0 amide bonds. The molecule has 0 unspecified atom stereocenters. The molecule has 1 aliphatic rings. The average Bonchev–Trinajstić information content (AvgIpc) is 3.36. The van der Waals surface area contributed by atoms with Gasteiger partial charge in [-0.15, -0.1) is 0 Å². The van der Waals surface area contributed by atoms with Crippen molar-refractivity contribution in [2.24, 2.45) is 11.8 Å². The van der Waals surface area contributed by atoms with Crippen LogP contribution < -0.4 is 4.74 Å². The second kappa shape index (κ2) is 11.2. The first-order valence-corrected chi connectivity index (χ1v) is 12.5. The Morgan fingerprint density at radius 3 is 3.00 bits per heavy atom. The molecule has 178 valence electrons. The van der Waals surface area contributed by atoms with Crippen LogP contribution in [-0.2, 0) is 4.79 Å². The van der Waals surface area contributed by atoms with Crippen molar-refractivity contribution in [3.05, 3.63) is 57.4 Å². The van der Waals surface area contributed by atoms with Gasteiger partial charge in [-0.2, -0.15) is 11.3 Å². The Balaban J connectivity index is 1.42. The van der Waals surface area contributed by atoms with Gasteiger partial charge in [-0.25, -0.2) is 0 Å². The molecular weight excluding hydrogens is 472 g/mol. The summed E-state index contributed by atoms with van der Waals surface area (Å²) in [6.45, 7) is 1.80. The molecule has 34 heavy (non-hydrogen) atoms. The second-order valence-corrected chi connectivity index (χ2v) is 9.73. The predicted molar refractivity (Wildman–Crippen MR) is 134 cm³/mol. The third kappa shape index (κ3) is 5.70. The van der Waals surface area contributed by atoms with Gasteiger partial charge in [0, 0.05) is 34.6 Å². The van der Waals surface area contributed by atoms with Crippen molar-refractivity contribution < 1.29 is 19.7 Å². The predicted octanol–water partition coefficient (Wildman–Crippen LogP) is 4.85. The smallest absolute Gasteiger partial charge is 0.308 e. The van der Waals surface area contributed by atoms with E-state index in [9.17, 15) is 15.0 Å². The van der Waals surface area contributed by atoms with E-state index in [0.717, 1.165) is 29.4 Å². The van der Waals surface area contributed by atoms with Crippen LogP contribution in [0, 0.1) is 23.7 Å². The number of aromatic nitrogens is 1. The van der Waals surface area contributed by atoms with Crippen LogP contribution in [0.4, 0.5) is 0 Å². The first-order chi connectivity index (χ1) is 16.5. The molecule has 6 nitrogen and oxygen atoms in total. The van der Waals surface area contributed by atoms with Gasteiger partial charge in [-0.3, -0.25) is 14.7 Å². The maximum absolute atomic E-state index is 12.0. The van der Waals surface area contributed by atoms with E-state index in [1.54, 1.807) is 24.6 Å². The maximum atomic E-state index is 12.0. The zero-order valence-electron chi connectivity index (χ0n) is 18.9. The van der Waals surface area contributed by atoms with Gasteiger partial charge in [0.05, 0.1) is 36.2 Å². The molecule has 1 aromatic carbocycles. The fourth-order valence-corrected chi connectivity index (χ4v) is 5.44. The van der Waals surface area contributed by atoms with Gasteiger partial charge in [-0.1, -0.05) is 23.4 Å². The molecule has 3 aromatic rings. The number of carbonyl (C=O) groups is 1. The van der Waals surface area contributed by atoms with Crippen LogP contribution in [0.25, 0.3) is 10.9 Å². The number of nitrogens with zero attached hydrogens (tertiary/aromatic N) is 2. The molecule has 0 spiro atoms. The molecule has 3 heterocycles. The molecule has 2 N–H and O–H groups in total. The summed E-state index contributed by atoms with van der Waals surface area (Å²) in [5.74, 6) is 5.63. The minimum absolute atomic E-state index is 0.0188. The highest BCUT2D eigenvalue weighted by atomic mass is 35.5. The summed E-state index contributed by atoms with van der Waals surface area (Å²) >= 11 is 8.03. The topological polar surface area (TPSA) is 82.9 Å². The highest BCUT2D eigenvalue weighted by Crippen LogP contribution is 2.36. The van der Waals surface area contributed by atoms with Crippen LogP contribution in [0.5, 0.6) is 5.75 Å². The minimum Gasteiger partial charge on any atom is -0.497 e. The second-order valence-electron chi connectivity index (χ2n) is 8.54. The number of pyridine rings is 1. The lowest BCUT2D eigenvalue weighted by atomic mass is 9.81. The normalized spacial score (nSPS) is 19.4. The number of hydrogen-bond donors (Lipinski definition) is 2. The molecule has 4 rings (SSSR count). The van der Waals surface area contributed by atoms with E-state index in [2.05, 4.69) is 21.7 Å². The van der Waals surface area contributed by atoms with Gasteiger partial charge in [0.25, 0.3) is 0 Å². The number of aliphatic carboxylic acids is 1. The van der Waals surface area contributed by atoms with Gasteiger partial charge >= 0.3 is 5.97 Å². The van der Waals surface area contributed by atoms with E-state index in [4.69, 9.17) is 16.3 Å². The quantitative estimate of drug-likeness (QED) is 0.453. The molecule has 1 fully saturated rings. The van der Waals surface area contributed by atoms with Gasteiger partial charge < -0.3 is 14.9 Å². The molecular formula is C26H27ClN2O4S.